The fourth-order valence-corrected chi connectivity index (χ4v) is 2.62. The van der Waals surface area contributed by atoms with Crippen LogP contribution in [0.4, 0.5) is 0 Å². The summed E-state index contributed by atoms with van der Waals surface area (Å²) in [5, 5.41) is 1.41. The molecule has 2 aromatic rings. The topological polar surface area (TPSA) is 19.0 Å². The van der Waals surface area contributed by atoms with Crippen LogP contribution in [0.1, 0.15) is 23.1 Å². The SMILES string of the molecule is Cc1cc(C)c2[nH]ccc2c1CN1CCC1. The van der Waals surface area contributed by atoms with E-state index in [2.05, 4.69) is 42.1 Å². The minimum Gasteiger partial charge on any atom is -0.361 e. The number of rotatable bonds is 2. The molecule has 16 heavy (non-hydrogen) atoms. The van der Waals surface area contributed by atoms with E-state index in [1.165, 1.54) is 47.1 Å². The molecule has 1 fully saturated rings. The number of likely N-dealkylation sites (tertiary alicyclic amines) is 1. The molecule has 1 aromatic heterocycles. The molecule has 84 valence electrons. The normalized spacial score (nSPS) is 16.6. The van der Waals surface area contributed by atoms with Crippen LogP contribution in [-0.4, -0.2) is 23.0 Å². The molecule has 1 aromatic carbocycles. The van der Waals surface area contributed by atoms with E-state index in [0.29, 0.717) is 0 Å². The molecule has 0 saturated carbocycles. The van der Waals surface area contributed by atoms with Gasteiger partial charge in [-0.3, -0.25) is 4.90 Å². The van der Waals surface area contributed by atoms with Crippen molar-refractivity contribution < 1.29 is 0 Å². The summed E-state index contributed by atoms with van der Waals surface area (Å²) < 4.78 is 0. The van der Waals surface area contributed by atoms with Gasteiger partial charge in [0.15, 0.2) is 0 Å². The number of aromatic nitrogens is 1. The van der Waals surface area contributed by atoms with Gasteiger partial charge in [0.25, 0.3) is 0 Å². The van der Waals surface area contributed by atoms with E-state index in [-0.39, 0.29) is 0 Å². The van der Waals surface area contributed by atoms with Crippen molar-refractivity contribution >= 4 is 10.9 Å². The zero-order chi connectivity index (χ0) is 11.1. The third-order valence-electron chi connectivity index (χ3n) is 3.71. The maximum atomic E-state index is 3.35. The summed E-state index contributed by atoms with van der Waals surface area (Å²) in [4.78, 5) is 5.86. The quantitative estimate of drug-likeness (QED) is 0.814. The average molecular weight is 214 g/mol. The molecule has 0 amide bonds. The van der Waals surface area contributed by atoms with Crippen molar-refractivity contribution in [1.29, 1.82) is 0 Å². The Bertz CT molecular complexity index is 521. The average Bonchev–Trinajstić information content (AvgIpc) is 2.63. The molecule has 3 rings (SSSR count). The second-order valence-corrected chi connectivity index (χ2v) is 4.88. The summed E-state index contributed by atoms with van der Waals surface area (Å²) in [5.74, 6) is 0. The molecule has 2 nitrogen and oxygen atoms in total. The molecule has 0 atom stereocenters. The Balaban J connectivity index is 2.10. The monoisotopic (exact) mass is 214 g/mol. The molecule has 0 aliphatic carbocycles. The summed E-state index contributed by atoms with van der Waals surface area (Å²) in [6.07, 6.45) is 3.41. The Morgan fingerprint density at radius 3 is 2.75 bits per heavy atom. The summed E-state index contributed by atoms with van der Waals surface area (Å²) in [7, 11) is 0. The van der Waals surface area contributed by atoms with Crippen molar-refractivity contribution in [2.75, 3.05) is 13.1 Å². The van der Waals surface area contributed by atoms with E-state index >= 15 is 0 Å². The molecule has 2 heteroatoms. The standard InChI is InChI=1S/C14H18N2/c1-10-8-11(2)14-12(4-5-15-14)13(10)9-16-6-3-7-16/h4-5,8,15H,3,6-7,9H2,1-2H3. The second-order valence-electron chi connectivity index (χ2n) is 4.88. The van der Waals surface area contributed by atoms with Crippen molar-refractivity contribution in [1.82, 2.24) is 9.88 Å². The minimum absolute atomic E-state index is 1.11. The van der Waals surface area contributed by atoms with E-state index in [1.54, 1.807) is 0 Å². The van der Waals surface area contributed by atoms with Crippen LogP contribution in [0, 0.1) is 13.8 Å². The maximum absolute atomic E-state index is 3.35. The maximum Gasteiger partial charge on any atom is 0.0487 e. The lowest BCUT2D eigenvalue weighted by molar-refractivity contribution is 0.173. The van der Waals surface area contributed by atoms with Crippen LogP contribution < -0.4 is 0 Å². The highest BCUT2D eigenvalue weighted by Crippen LogP contribution is 2.27. The van der Waals surface area contributed by atoms with Crippen LogP contribution in [-0.2, 0) is 6.54 Å². The van der Waals surface area contributed by atoms with E-state index in [0.717, 1.165) is 6.54 Å². The fourth-order valence-electron chi connectivity index (χ4n) is 2.62. The first-order valence-electron chi connectivity index (χ1n) is 6.04. The highest BCUT2D eigenvalue weighted by atomic mass is 15.2. The largest absolute Gasteiger partial charge is 0.361 e. The number of hydrogen-bond acceptors (Lipinski definition) is 1. The van der Waals surface area contributed by atoms with Gasteiger partial charge in [-0.1, -0.05) is 6.07 Å². The van der Waals surface area contributed by atoms with Gasteiger partial charge in [0, 0.05) is 23.6 Å². The highest BCUT2D eigenvalue weighted by molar-refractivity contribution is 5.86. The molecule has 1 aliphatic rings. The van der Waals surface area contributed by atoms with Gasteiger partial charge in [0.1, 0.15) is 0 Å². The molecule has 2 heterocycles. The molecular formula is C14H18N2. The Kier molecular flexibility index (Phi) is 2.25. The van der Waals surface area contributed by atoms with Gasteiger partial charge in [-0.25, -0.2) is 0 Å². The smallest absolute Gasteiger partial charge is 0.0487 e. The summed E-state index contributed by atoms with van der Waals surface area (Å²) >= 11 is 0. The lowest BCUT2D eigenvalue weighted by atomic mass is 9.99. The van der Waals surface area contributed by atoms with Crippen LogP contribution in [0.5, 0.6) is 0 Å². The molecule has 0 unspecified atom stereocenters. The second kappa shape index (κ2) is 3.63. The third-order valence-corrected chi connectivity index (χ3v) is 3.71. The third kappa shape index (κ3) is 1.45. The number of nitrogens with zero attached hydrogens (tertiary/aromatic N) is 1. The van der Waals surface area contributed by atoms with Crippen LogP contribution in [0.2, 0.25) is 0 Å². The van der Waals surface area contributed by atoms with Crippen molar-refractivity contribution in [2.24, 2.45) is 0 Å². The van der Waals surface area contributed by atoms with E-state index in [1.807, 2.05) is 0 Å². The van der Waals surface area contributed by atoms with Crippen molar-refractivity contribution in [3.63, 3.8) is 0 Å². The number of H-pyrrole nitrogens is 1. The van der Waals surface area contributed by atoms with Gasteiger partial charge in [0.05, 0.1) is 0 Å². The van der Waals surface area contributed by atoms with Gasteiger partial charge in [-0.05, 0) is 56.1 Å². The van der Waals surface area contributed by atoms with Crippen molar-refractivity contribution in [2.45, 2.75) is 26.8 Å². The first-order valence-corrected chi connectivity index (χ1v) is 6.04. The molecule has 0 radical (unpaired) electrons. The summed E-state index contributed by atoms with van der Waals surface area (Å²) in [6, 6.07) is 4.51. The first kappa shape index (κ1) is 9.91. The Morgan fingerprint density at radius 2 is 2.06 bits per heavy atom. The van der Waals surface area contributed by atoms with Crippen LogP contribution in [0.25, 0.3) is 10.9 Å². The Labute approximate surface area is 96.3 Å². The number of nitrogens with one attached hydrogen (secondary N) is 1. The Hall–Kier alpha value is -1.28. The molecule has 1 saturated heterocycles. The predicted octanol–water partition coefficient (Wildman–Crippen LogP) is 2.99. The highest BCUT2D eigenvalue weighted by Gasteiger charge is 2.17. The predicted molar refractivity (Wildman–Crippen MR) is 67.7 cm³/mol. The first-order chi connectivity index (χ1) is 7.75. The van der Waals surface area contributed by atoms with E-state index in [9.17, 15) is 0 Å². The number of benzene rings is 1. The van der Waals surface area contributed by atoms with Gasteiger partial charge in [0.2, 0.25) is 0 Å². The summed E-state index contributed by atoms with van der Waals surface area (Å²) in [6.45, 7) is 8.05. The molecule has 1 N–H and O–H groups in total. The summed E-state index contributed by atoms with van der Waals surface area (Å²) in [5.41, 5.74) is 5.59. The minimum atomic E-state index is 1.11. The van der Waals surface area contributed by atoms with Gasteiger partial charge < -0.3 is 4.98 Å². The molecular weight excluding hydrogens is 196 g/mol. The number of hydrogen-bond donors (Lipinski definition) is 1. The lowest BCUT2D eigenvalue weighted by Crippen LogP contribution is -2.36. The Morgan fingerprint density at radius 1 is 1.25 bits per heavy atom. The van der Waals surface area contributed by atoms with Gasteiger partial charge in [-0.15, -0.1) is 0 Å². The van der Waals surface area contributed by atoms with Crippen LogP contribution in [0.15, 0.2) is 18.3 Å². The van der Waals surface area contributed by atoms with Crippen LogP contribution >= 0.6 is 0 Å². The lowest BCUT2D eigenvalue weighted by Gasteiger charge is -2.31. The van der Waals surface area contributed by atoms with Crippen LogP contribution in [0.3, 0.4) is 0 Å². The van der Waals surface area contributed by atoms with E-state index in [4.69, 9.17) is 0 Å². The van der Waals surface area contributed by atoms with Crippen molar-refractivity contribution in [3.05, 3.63) is 35.0 Å². The van der Waals surface area contributed by atoms with Crippen molar-refractivity contribution in [3.8, 4) is 0 Å². The van der Waals surface area contributed by atoms with Gasteiger partial charge >= 0.3 is 0 Å². The molecule has 0 spiro atoms. The molecule has 0 bridgehead atoms. The zero-order valence-corrected chi connectivity index (χ0v) is 10.0. The number of aryl methyl sites for hydroxylation is 2. The van der Waals surface area contributed by atoms with E-state index < -0.39 is 0 Å². The fraction of sp³-hybridized carbons (Fsp3) is 0.429. The number of aromatic amines is 1. The zero-order valence-electron chi connectivity index (χ0n) is 10.0. The number of fused-ring (bicyclic) bond motifs is 1. The molecule has 1 aliphatic heterocycles. The van der Waals surface area contributed by atoms with Gasteiger partial charge in [-0.2, -0.15) is 0 Å².